The van der Waals surface area contributed by atoms with Gasteiger partial charge in [0.15, 0.2) is 0 Å². The van der Waals surface area contributed by atoms with Crippen LogP contribution in [-0.4, -0.2) is 17.8 Å². The van der Waals surface area contributed by atoms with Crippen molar-refractivity contribution in [1.82, 2.24) is 5.32 Å². The van der Waals surface area contributed by atoms with Crippen molar-refractivity contribution in [2.45, 2.75) is 13.8 Å². The van der Waals surface area contributed by atoms with Crippen LogP contribution in [0.25, 0.3) is 17.4 Å². The molecule has 1 aliphatic heterocycles. The van der Waals surface area contributed by atoms with Crippen LogP contribution in [-0.2, 0) is 9.59 Å². The first-order chi connectivity index (χ1) is 14.7. The van der Waals surface area contributed by atoms with Gasteiger partial charge in [-0.3, -0.25) is 14.9 Å². The molecule has 8 heteroatoms. The summed E-state index contributed by atoms with van der Waals surface area (Å²) in [6.07, 6.45) is 1.34. The number of anilines is 1. The van der Waals surface area contributed by atoms with Crippen LogP contribution < -0.4 is 10.2 Å². The summed E-state index contributed by atoms with van der Waals surface area (Å²) >= 11 is 6.88. The topological polar surface area (TPSA) is 79.6 Å². The molecule has 156 valence electrons. The minimum atomic E-state index is -0.790. The number of urea groups is 1. The van der Waals surface area contributed by atoms with Crippen molar-refractivity contribution in [2.75, 3.05) is 4.90 Å². The van der Waals surface area contributed by atoms with Crippen LogP contribution >= 0.6 is 31.9 Å². The summed E-state index contributed by atoms with van der Waals surface area (Å²) in [5.41, 5.74) is 2.86. The van der Waals surface area contributed by atoms with Gasteiger partial charge in [-0.2, -0.15) is 0 Å². The summed E-state index contributed by atoms with van der Waals surface area (Å²) in [4.78, 5) is 38.8. The monoisotopic (exact) mass is 542 g/mol. The van der Waals surface area contributed by atoms with Crippen molar-refractivity contribution in [3.8, 4) is 11.3 Å². The first-order valence-corrected chi connectivity index (χ1v) is 10.9. The Hall–Kier alpha value is -2.97. The lowest BCUT2D eigenvalue weighted by molar-refractivity contribution is -0.122. The molecule has 4 amide bonds. The molecule has 1 fully saturated rings. The van der Waals surface area contributed by atoms with E-state index >= 15 is 0 Å². The van der Waals surface area contributed by atoms with Gasteiger partial charge in [0.05, 0.1) is 5.69 Å². The Morgan fingerprint density at radius 2 is 1.74 bits per heavy atom. The van der Waals surface area contributed by atoms with Crippen LogP contribution in [0.5, 0.6) is 0 Å². The van der Waals surface area contributed by atoms with E-state index in [1.807, 2.05) is 25.1 Å². The second kappa shape index (κ2) is 8.28. The Kier molecular flexibility index (Phi) is 5.68. The number of benzene rings is 2. The number of barbiturate groups is 1. The molecule has 4 rings (SSSR count). The predicted molar refractivity (Wildman–Crippen MR) is 124 cm³/mol. The first kappa shape index (κ1) is 21.3. The quantitative estimate of drug-likeness (QED) is 0.336. The summed E-state index contributed by atoms with van der Waals surface area (Å²) in [7, 11) is 0. The normalized spacial score (nSPS) is 15.5. The van der Waals surface area contributed by atoms with Gasteiger partial charge < -0.3 is 4.42 Å². The van der Waals surface area contributed by atoms with E-state index in [1.54, 1.807) is 37.3 Å². The average molecular weight is 544 g/mol. The number of carbonyl (C=O) groups is 3. The predicted octanol–water partition coefficient (Wildman–Crippen LogP) is 5.75. The van der Waals surface area contributed by atoms with Crippen molar-refractivity contribution in [2.24, 2.45) is 0 Å². The van der Waals surface area contributed by atoms with E-state index in [0.717, 1.165) is 25.0 Å². The largest absolute Gasteiger partial charge is 0.457 e. The SMILES string of the molecule is Cc1ccc(-c2ccc(/C=C3\C(=O)NC(=O)N(c4ccc(Br)cc4C)C3=O)o2)c(Br)c1. The first-order valence-electron chi connectivity index (χ1n) is 9.28. The van der Waals surface area contributed by atoms with E-state index in [2.05, 4.69) is 37.2 Å². The van der Waals surface area contributed by atoms with Crippen molar-refractivity contribution in [3.63, 3.8) is 0 Å². The molecule has 2 aromatic carbocycles. The molecular formula is C23H16Br2N2O4. The van der Waals surface area contributed by atoms with Crippen molar-refractivity contribution in [1.29, 1.82) is 0 Å². The fourth-order valence-electron chi connectivity index (χ4n) is 3.28. The Bertz CT molecular complexity index is 1280. The number of furan rings is 1. The molecular weight excluding hydrogens is 528 g/mol. The number of imide groups is 2. The van der Waals surface area contributed by atoms with E-state index in [4.69, 9.17) is 4.42 Å². The summed E-state index contributed by atoms with van der Waals surface area (Å²) in [6.45, 7) is 3.76. The molecule has 0 saturated carbocycles. The number of nitrogens with one attached hydrogen (secondary N) is 1. The zero-order valence-corrected chi connectivity index (χ0v) is 19.7. The van der Waals surface area contributed by atoms with Gasteiger partial charge in [0, 0.05) is 14.5 Å². The number of rotatable bonds is 3. The smallest absolute Gasteiger partial charge is 0.335 e. The number of aryl methyl sites for hydroxylation is 2. The highest BCUT2D eigenvalue weighted by molar-refractivity contribution is 9.10. The molecule has 1 N–H and O–H groups in total. The van der Waals surface area contributed by atoms with Gasteiger partial charge in [-0.15, -0.1) is 0 Å². The van der Waals surface area contributed by atoms with E-state index in [0.29, 0.717) is 22.8 Å². The van der Waals surface area contributed by atoms with Gasteiger partial charge in [-0.1, -0.05) is 37.9 Å². The average Bonchev–Trinajstić information content (AvgIpc) is 3.15. The maximum Gasteiger partial charge on any atom is 0.335 e. The van der Waals surface area contributed by atoms with Crippen LogP contribution in [0, 0.1) is 13.8 Å². The number of amides is 4. The number of hydrogen-bond acceptors (Lipinski definition) is 4. The van der Waals surface area contributed by atoms with Crippen molar-refractivity contribution in [3.05, 3.63) is 79.9 Å². The van der Waals surface area contributed by atoms with E-state index in [1.165, 1.54) is 6.08 Å². The molecule has 3 aromatic rings. The van der Waals surface area contributed by atoms with E-state index < -0.39 is 17.8 Å². The molecule has 0 atom stereocenters. The summed E-state index contributed by atoms with van der Waals surface area (Å²) < 4.78 is 7.53. The lowest BCUT2D eigenvalue weighted by Crippen LogP contribution is -2.54. The fourth-order valence-corrected chi connectivity index (χ4v) is 4.45. The zero-order valence-electron chi connectivity index (χ0n) is 16.5. The molecule has 0 bridgehead atoms. The summed E-state index contributed by atoms with van der Waals surface area (Å²) in [6, 6.07) is 13.6. The molecule has 0 unspecified atom stereocenters. The summed E-state index contributed by atoms with van der Waals surface area (Å²) in [5, 5.41) is 2.22. The van der Waals surface area contributed by atoms with Gasteiger partial charge >= 0.3 is 6.03 Å². The number of halogens is 2. The zero-order chi connectivity index (χ0) is 22.3. The number of hydrogen-bond donors (Lipinski definition) is 1. The Labute approximate surface area is 195 Å². The number of nitrogens with zero attached hydrogens (tertiary/aromatic N) is 1. The third kappa shape index (κ3) is 4.13. The molecule has 1 aliphatic rings. The number of carbonyl (C=O) groups excluding carboxylic acids is 3. The van der Waals surface area contributed by atoms with Gasteiger partial charge in [-0.05, 0) is 73.5 Å². The minimum absolute atomic E-state index is 0.189. The molecule has 0 radical (unpaired) electrons. The van der Waals surface area contributed by atoms with Crippen molar-refractivity contribution >= 4 is 61.5 Å². The highest BCUT2D eigenvalue weighted by Crippen LogP contribution is 2.32. The lowest BCUT2D eigenvalue weighted by Gasteiger charge is -2.27. The second-order valence-corrected chi connectivity index (χ2v) is 8.84. The van der Waals surface area contributed by atoms with Gasteiger partial charge in [0.25, 0.3) is 11.8 Å². The molecule has 2 heterocycles. The minimum Gasteiger partial charge on any atom is -0.457 e. The maximum absolute atomic E-state index is 13.1. The lowest BCUT2D eigenvalue weighted by atomic mass is 10.1. The van der Waals surface area contributed by atoms with Crippen LogP contribution in [0.3, 0.4) is 0 Å². The van der Waals surface area contributed by atoms with Crippen LogP contribution in [0.2, 0.25) is 0 Å². The maximum atomic E-state index is 13.1. The molecule has 6 nitrogen and oxygen atoms in total. The van der Waals surface area contributed by atoms with Crippen molar-refractivity contribution < 1.29 is 18.8 Å². The standard InChI is InChI=1S/C23H16Br2N2O4/c1-12-3-6-16(18(25)9-12)20-8-5-15(31-20)11-17-21(28)26-23(30)27(22(17)29)19-7-4-14(24)10-13(19)2/h3-11H,1-2H3,(H,26,28,30)/b17-11+. The van der Waals surface area contributed by atoms with Gasteiger partial charge in [0.1, 0.15) is 17.1 Å². The second-order valence-electron chi connectivity index (χ2n) is 7.07. The van der Waals surface area contributed by atoms with Crippen LogP contribution in [0.4, 0.5) is 10.5 Å². The molecule has 31 heavy (non-hydrogen) atoms. The van der Waals surface area contributed by atoms with Gasteiger partial charge in [0.2, 0.25) is 0 Å². The molecule has 0 aliphatic carbocycles. The molecule has 0 spiro atoms. The Morgan fingerprint density at radius 1 is 0.968 bits per heavy atom. The highest BCUT2D eigenvalue weighted by atomic mass is 79.9. The summed E-state index contributed by atoms with van der Waals surface area (Å²) in [5.74, 6) is -0.578. The molecule has 1 saturated heterocycles. The highest BCUT2D eigenvalue weighted by Gasteiger charge is 2.37. The Balaban J connectivity index is 1.70. The van der Waals surface area contributed by atoms with Gasteiger partial charge in [-0.25, -0.2) is 9.69 Å². The van der Waals surface area contributed by atoms with Crippen LogP contribution in [0.15, 0.2) is 67.5 Å². The van der Waals surface area contributed by atoms with E-state index in [9.17, 15) is 14.4 Å². The molecule has 1 aromatic heterocycles. The fraction of sp³-hybridized carbons (Fsp3) is 0.0870. The third-order valence-corrected chi connectivity index (χ3v) is 5.95. The van der Waals surface area contributed by atoms with E-state index in [-0.39, 0.29) is 5.57 Å². The van der Waals surface area contributed by atoms with Crippen LogP contribution in [0.1, 0.15) is 16.9 Å². The Morgan fingerprint density at radius 3 is 2.45 bits per heavy atom. The third-order valence-electron chi connectivity index (χ3n) is 4.80.